The number of para-hydroxylation sites is 2. The minimum absolute atomic E-state index is 0.421. The number of hydrogen-bond acceptors (Lipinski definition) is 2. The third-order valence-corrected chi connectivity index (χ3v) is 5.61. The second kappa shape index (κ2) is 7.21. The van der Waals surface area contributed by atoms with Crippen LogP contribution >= 0.6 is 0 Å². The van der Waals surface area contributed by atoms with Gasteiger partial charge in [-0.2, -0.15) is 10.2 Å². The highest BCUT2D eigenvalue weighted by molar-refractivity contribution is 5.79. The normalized spacial score (nSPS) is 11.7. The van der Waals surface area contributed by atoms with Crippen molar-refractivity contribution < 1.29 is 0 Å². The van der Waals surface area contributed by atoms with E-state index in [0.29, 0.717) is 5.92 Å². The Morgan fingerprint density at radius 1 is 0.655 bits per heavy atom. The van der Waals surface area contributed by atoms with Crippen LogP contribution in [-0.4, -0.2) is 19.6 Å². The lowest BCUT2D eigenvalue weighted by Crippen LogP contribution is -2.11. The number of hydrogen-bond donors (Lipinski definition) is 0. The van der Waals surface area contributed by atoms with Crippen molar-refractivity contribution >= 4 is 21.8 Å². The first-order valence-electron chi connectivity index (χ1n) is 10.1. The van der Waals surface area contributed by atoms with Gasteiger partial charge in [0, 0.05) is 10.8 Å². The van der Waals surface area contributed by atoms with Crippen molar-refractivity contribution in [2.75, 3.05) is 0 Å². The molecule has 2 heterocycles. The van der Waals surface area contributed by atoms with Crippen molar-refractivity contribution in [2.24, 2.45) is 0 Å². The summed E-state index contributed by atoms with van der Waals surface area (Å²) in [5.41, 5.74) is 6.38. The van der Waals surface area contributed by atoms with Crippen molar-refractivity contribution in [3.05, 3.63) is 95.8 Å². The van der Waals surface area contributed by atoms with E-state index in [1.807, 2.05) is 12.4 Å². The molecule has 0 aliphatic heterocycles. The lowest BCUT2D eigenvalue weighted by molar-refractivity contribution is 0.673. The zero-order valence-corrected chi connectivity index (χ0v) is 16.8. The molecular weight excluding hydrogens is 356 g/mol. The van der Waals surface area contributed by atoms with Crippen LogP contribution in [0.3, 0.4) is 0 Å². The van der Waals surface area contributed by atoms with E-state index in [4.69, 9.17) is 0 Å². The number of fused-ring (bicyclic) bond motifs is 2. The maximum absolute atomic E-state index is 4.64. The Balaban J connectivity index is 1.55. The second-order valence-corrected chi connectivity index (χ2v) is 7.87. The van der Waals surface area contributed by atoms with Crippen LogP contribution in [0.5, 0.6) is 0 Å². The summed E-state index contributed by atoms with van der Waals surface area (Å²) in [7, 11) is 0. The first-order chi connectivity index (χ1) is 14.2. The molecule has 0 radical (unpaired) electrons. The van der Waals surface area contributed by atoms with Gasteiger partial charge in [-0.1, -0.05) is 68.4 Å². The predicted molar refractivity (Wildman–Crippen MR) is 118 cm³/mol. The fourth-order valence-corrected chi connectivity index (χ4v) is 4.31. The molecule has 0 amide bonds. The third-order valence-electron chi connectivity index (χ3n) is 5.61. The molecule has 0 atom stereocenters. The maximum atomic E-state index is 4.64. The summed E-state index contributed by atoms with van der Waals surface area (Å²) in [5.74, 6) is 0.421. The van der Waals surface area contributed by atoms with Crippen molar-refractivity contribution in [1.29, 1.82) is 0 Å². The van der Waals surface area contributed by atoms with Gasteiger partial charge in [0.15, 0.2) is 0 Å². The van der Waals surface area contributed by atoms with Gasteiger partial charge in [0.25, 0.3) is 0 Å². The van der Waals surface area contributed by atoms with E-state index in [1.165, 1.54) is 38.5 Å². The smallest absolute Gasteiger partial charge is 0.0686 e. The first-order valence-corrected chi connectivity index (χ1v) is 10.1. The summed E-state index contributed by atoms with van der Waals surface area (Å²) in [6.45, 7) is 6.08. The standard InChI is InChI=1S/C25H24N4/c1-18(2)25-21(16-28-23-12-5-3-8-19(23)14-26-28)10-7-11-22(25)17-29-24-13-6-4-9-20(24)15-27-29/h3-15,18H,16-17H2,1-2H3. The summed E-state index contributed by atoms with van der Waals surface area (Å²) in [5, 5.41) is 11.6. The fraction of sp³-hybridized carbons (Fsp3) is 0.200. The zero-order chi connectivity index (χ0) is 19.8. The first kappa shape index (κ1) is 17.7. The van der Waals surface area contributed by atoms with Gasteiger partial charge < -0.3 is 0 Å². The molecule has 3 aromatic carbocycles. The van der Waals surface area contributed by atoms with Gasteiger partial charge in [0.1, 0.15) is 0 Å². The molecule has 0 N–H and O–H groups in total. The maximum Gasteiger partial charge on any atom is 0.0686 e. The molecule has 4 nitrogen and oxygen atoms in total. The molecule has 0 saturated carbocycles. The Morgan fingerprint density at radius 3 is 1.62 bits per heavy atom. The number of benzene rings is 3. The molecule has 0 aliphatic carbocycles. The molecule has 144 valence electrons. The molecule has 0 bridgehead atoms. The number of aromatic nitrogens is 4. The van der Waals surface area contributed by atoms with E-state index in [9.17, 15) is 0 Å². The van der Waals surface area contributed by atoms with Crippen LogP contribution < -0.4 is 0 Å². The van der Waals surface area contributed by atoms with Crippen molar-refractivity contribution in [3.8, 4) is 0 Å². The Hall–Kier alpha value is -3.40. The number of nitrogens with zero attached hydrogens (tertiary/aromatic N) is 4. The number of rotatable bonds is 5. The zero-order valence-electron chi connectivity index (χ0n) is 16.8. The monoisotopic (exact) mass is 380 g/mol. The highest BCUT2D eigenvalue weighted by Crippen LogP contribution is 2.27. The minimum atomic E-state index is 0.421. The largest absolute Gasteiger partial charge is 0.260 e. The molecule has 4 heteroatoms. The van der Waals surface area contributed by atoms with Crippen LogP contribution in [0, 0.1) is 0 Å². The predicted octanol–water partition coefficient (Wildman–Crippen LogP) is 5.61. The lowest BCUT2D eigenvalue weighted by atomic mass is 9.91. The van der Waals surface area contributed by atoms with E-state index in [1.54, 1.807) is 0 Å². The van der Waals surface area contributed by atoms with E-state index >= 15 is 0 Å². The Morgan fingerprint density at radius 2 is 1.14 bits per heavy atom. The van der Waals surface area contributed by atoms with Gasteiger partial charge in [-0.15, -0.1) is 0 Å². The van der Waals surface area contributed by atoms with Gasteiger partial charge in [0.2, 0.25) is 0 Å². The van der Waals surface area contributed by atoms with E-state index in [0.717, 1.165) is 13.1 Å². The summed E-state index contributed by atoms with van der Waals surface area (Å²) in [6, 6.07) is 23.4. The molecule has 2 aromatic heterocycles. The molecule has 0 unspecified atom stereocenters. The third kappa shape index (κ3) is 3.21. The minimum Gasteiger partial charge on any atom is -0.260 e. The van der Waals surface area contributed by atoms with Gasteiger partial charge in [-0.3, -0.25) is 9.36 Å². The van der Waals surface area contributed by atoms with Gasteiger partial charge in [-0.25, -0.2) is 0 Å². The summed E-state index contributed by atoms with van der Waals surface area (Å²) < 4.78 is 4.20. The van der Waals surface area contributed by atoms with Crippen molar-refractivity contribution in [1.82, 2.24) is 19.6 Å². The lowest BCUT2D eigenvalue weighted by Gasteiger charge is -2.19. The SMILES string of the molecule is CC(C)c1c(Cn2ncc3ccccc32)cccc1Cn1ncc2ccccc21. The van der Waals surface area contributed by atoms with E-state index < -0.39 is 0 Å². The molecule has 0 spiro atoms. The molecule has 5 rings (SSSR count). The molecule has 0 saturated heterocycles. The average molecular weight is 380 g/mol. The highest BCUT2D eigenvalue weighted by atomic mass is 15.3. The average Bonchev–Trinajstić information content (AvgIpc) is 3.33. The summed E-state index contributed by atoms with van der Waals surface area (Å²) >= 11 is 0. The summed E-state index contributed by atoms with van der Waals surface area (Å²) in [6.07, 6.45) is 3.90. The molecular formula is C25H24N4. The summed E-state index contributed by atoms with van der Waals surface area (Å²) in [4.78, 5) is 0. The quantitative estimate of drug-likeness (QED) is 0.397. The van der Waals surface area contributed by atoms with Crippen LogP contribution in [0.2, 0.25) is 0 Å². The molecule has 29 heavy (non-hydrogen) atoms. The van der Waals surface area contributed by atoms with Gasteiger partial charge in [0.05, 0.1) is 36.5 Å². The van der Waals surface area contributed by atoms with E-state index in [-0.39, 0.29) is 0 Å². The van der Waals surface area contributed by atoms with Crippen molar-refractivity contribution in [2.45, 2.75) is 32.9 Å². The Labute approximate surface area is 170 Å². The van der Waals surface area contributed by atoms with Crippen LogP contribution in [0.15, 0.2) is 79.1 Å². The second-order valence-electron chi connectivity index (χ2n) is 7.87. The Kier molecular flexibility index (Phi) is 4.39. The van der Waals surface area contributed by atoms with E-state index in [2.05, 4.69) is 100 Å². The van der Waals surface area contributed by atoms with Crippen LogP contribution in [0.4, 0.5) is 0 Å². The molecule has 0 aliphatic rings. The fourth-order valence-electron chi connectivity index (χ4n) is 4.31. The van der Waals surface area contributed by atoms with Crippen molar-refractivity contribution in [3.63, 3.8) is 0 Å². The molecule has 5 aromatic rings. The topological polar surface area (TPSA) is 35.6 Å². The van der Waals surface area contributed by atoms with Crippen LogP contribution in [0.25, 0.3) is 21.8 Å². The Bertz CT molecular complexity index is 1200. The highest BCUT2D eigenvalue weighted by Gasteiger charge is 2.15. The van der Waals surface area contributed by atoms with Gasteiger partial charge >= 0.3 is 0 Å². The molecule has 0 fully saturated rings. The van der Waals surface area contributed by atoms with Gasteiger partial charge in [-0.05, 0) is 34.7 Å². The van der Waals surface area contributed by atoms with Crippen LogP contribution in [0.1, 0.15) is 36.5 Å². The van der Waals surface area contributed by atoms with Crippen LogP contribution in [-0.2, 0) is 13.1 Å².